The summed E-state index contributed by atoms with van der Waals surface area (Å²) >= 11 is 0. The number of nitrogens with one attached hydrogen (secondary N) is 1. The summed E-state index contributed by atoms with van der Waals surface area (Å²) in [7, 11) is 1.60. The fourth-order valence-electron chi connectivity index (χ4n) is 3.87. The van der Waals surface area contributed by atoms with Gasteiger partial charge in [-0.05, 0) is 49.7 Å². The van der Waals surface area contributed by atoms with Crippen LogP contribution in [0.1, 0.15) is 54.3 Å². The zero-order valence-corrected chi connectivity index (χ0v) is 19.6. The second-order valence-electron chi connectivity index (χ2n) is 8.06. The van der Waals surface area contributed by atoms with Gasteiger partial charge in [0.2, 0.25) is 0 Å². The van der Waals surface area contributed by atoms with E-state index in [1.807, 2.05) is 42.5 Å². The molecule has 1 amide bonds. The largest absolute Gasteiger partial charge is 0.507 e. The standard InChI is InChI=1S/C27H29N3O4/c1-4-5-16-34-24-15-14-19(17-25(24)33-3)26-28-22-12-8-6-11-21(22)27(32)30(26)29-18(2)20-10-7-9-13-23(20)31/h6-15,17,26,28,31H,4-5,16H2,1-3H3/b29-18-/t26-/m1/s1. The summed E-state index contributed by atoms with van der Waals surface area (Å²) in [6, 6.07) is 19.9. The van der Waals surface area contributed by atoms with Crippen LogP contribution in [0.3, 0.4) is 0 Å². The number of carbonyl (C=O) groups excluding carboxylic acids is 1. The minimum Gasteiger partial charge on any atom is -0.507 e. The number of phenols is 1. The number of phenolic OH excluding ortho intramolecular Hbond substituents is 1. The molecule has 0 bridgehead atoms. The third kappa shape index (κ3) is 4.69. The minimum absolute atomic E-state index is 0.105. The Hall–Kier alpha value is -4.00. The van der Waals surface area contributed by atoms with Crippen LogP contribution in [0.5, 0.6) is 17.2 Å². The second-order valence-corrected chi connectivity index (χ2v) is 8.06. The Morgan fingerprint density at radius 1 is 1.09 bits per heavy atom. The van der Waals surface area contributed by atoms with Gasteiger partial charge in [-0.15, -0.1) is 0 Å². The van der Waals surface area contributed by atoms with E-state index >= 15 is 0 Å². The molecule has 0 aliphatic carbocycles. The van der Waals surface area contributed by atoms with Gasteiger partial charge in [0.15, 0.2) is 17.7 Å². The first-order valence-electron chi connectivity index (χ1n) is 11.4. The average Bonchev–Trinajstić information content (AvgIpc) is 2.86. The lowest BCUT2D eigenvalue weighted by Crippen LogP contribution is -2.40. The number of ether oxygens (including phenoxy) is 2. The third-order valence-electron chi connectivity index (χ3n) is 5.71. The molecule has 1 aliphatic heterocycles. The van der Waals surface area contributed by atoms with E-state index in [1.165, 1.54) is 5.01 Å². The number of anilines is 1. The molecule has 1 aliphatic rings. The molecule has 1 heterocycles. The molecule has 0 aromatic heterocycles. The van der Waals surface area contributed by atoms with E-state index in [0.717, 1.165) is 24.1 Å². The molecule has 3 aromatic rings. The fraction of sp³-hybridized carbons (Fsp3) is 0.259. The number of amides is 1. The van der Waals surface area contributed by atoms with Crippen LogP contribution in [-0.2, 0) is 0 Å². The summed E-state index contributed by atoms with van der Waals surface area (Å²) in [4.78, 5) is 13.5. The number of hydrazone groups is 1. The summed E-state index contributed by atoms with van der Waals surface area (Å²) in [5, 5.41) is 19.8. The Balaban J connectivity index is 1.75. The Bertz CT molecular complexity index is 1210. The first-order chi connectivity index (χ1) is 16.5. The highest BCUT2D eigenvalue weighted by Crippen LogP contribution is 2.37. The molecule has 4 rings (SSSR count). The van der Waals surface area contributed by atoms with Gasteiger partial charge in [0.05, 0.1) is 25.0 Å². The Morgan fingerprint density at radius 3 is 2.62 bits per heavy atom. The number of para-hydroxylation sites is 2. The maximum atomic E-state index is 13.5. The quantitative estimate of drug-likeness (QED) is 0.340. The first kappa shape index (κ1) is 23.2. The molecule has 2 N–H and O–H groups in total. The molecule has 0 fully saturated rings. The van der Waals surface area contributed by atoms with Gasteiger partial charge in [-0.1, -0.05) is 43.7 Å². The number of nitrogens with zero attached hydrogens (tertiary/aromatic N) is 2. The van der Waals surface area contributed by atoms with Gasteiger partial charge in [-0.25, -0.2) is 5.01 Å². The van der Waals surface area contributed by atoms with Gasteiger partial charge in [0.25, 0.3) is 5.91 Å². The lowest BCUT2D eigenvalue weighted by molar-refractivity contribution is 0.0689. The highest BCUT2D eigenvalue weighted by molar-refractivity contribution is 6.05. The summed E-state index contributed by atoms with van der Waals surface area (Å²) in [5.74, 6) is 1.11. The van der Waals surface area contributed by atoms with Crippen molar-refractivity contribution in [2.24, 2.45) is 5.10 Å². The summed E-state index contributed by atoms with van der Waals surface area (Å²) < 4.78 is 11.4. The average molecular weight is 460 g/mol. The molecule has 0 saturated heterocycles. The fourth-order valence-corrected chi connectivity index (χ4v) is 3.87. The Morgan fingerprint density at radius 2 is 1.85 bits per heavy atom. The molecule has 0 radical (unpaired) electrons. The van der Waals surface area contributed by atoms with E-state index in [9.17, 15) is 9.90 Å². The van der Waals surface area contributed by atoms with E-state index in [2.05, 4.69) is 17.3 Å². The van der Waals surface area contributed by atoms with Crippen molar-refractivity contribution in [3.05, 3.63) is 83.4 Å². The molecule has 176 valence electrons. The molecular formula is C27H29N3O4. The lowest BCUT2D eigenvalue weighted by atomic mass is 10.0. The molecule has 3 aromatic carbocycles. The lowest BCUT2D eigenvalue weighted by Gasteiger charge is -2.35. The number of aromatic hydroxyl groups is 1. The van der Waals surface area contributed by atoms with Crippen molar-refractivity contribution in [2.45, 2.75) is 32.9 Å². The molecule has 7 heteroatoms. The SMILES string of the molecule is CCCCOc1ccc([C@@H]2Nc3ccccc3C(=O)N2/N=C(/C)c2ccccc2O)cc1OC. The topological polar surface area (TPSA) is 83.4 Å². The van der Waals surface area contributed by atoms with E-state index in [-0.39, 0.29) is 11.7 Å². The van der Waals surface area contributed by atoms with Crippen LogP contribution in [0.15, 0.2) is 71.8 Å². The van der Waals surface area contributed by atoms with E-state index in [1.54, 1.807) is 38.3 Å². The number of hydrogen-bond acceptors (Lipinski definition) is 6. The molecule has 34 heavy (non-hydrogen) atoms. The van der Waals surface area contributed by atoms with Gasteiger partial charge in [0, 0.05) is 16.8 Å². The number of hydrogen-bond donors (Lipinski definition) is 2. The second kappa shape index (κ2) is 10.3. The van der Waals surface area contributed by atoms with E-state index in [4.69, 9.17) is 9.47 Å². The highest BCUT2D eigenvalue weighted by atomic mass is 16.5. The van der Waals surface area contributed by atoms with Crippen molar-refractivity contribution in [3.8, 4) is 17.2 Å². The maximum Gasteiger partial charge on any atom is 0.278 e. The number of fused-ring (bicyclic) bond motifs is 1. The van der Waals surface area contributed by atoms with Gasteiger partial charge < -0.3 is 19.9 Å². The third-order valence-corrected chi connectivity index (χ3v) is 5.71. The molecule has 7 nitrogen and oxygen atoms in total. The summed E-state index contributed by atoms with van der Waals surface area (Å²) in [6.45, 7) is 4.49. The van der Waals surface area contributed by atoms with E-state index in [0.29, 0.717) is 34.9 Å². The number of carbonyl (C=O) groups is 1. The predicted molar refractivity (Wildman–Crippen MR) is 133 cm³/mol. The van der Waals surface area contributed by atoms with Crippen LogP contribution in [0.2, 0.25) is 0 Å². The van der Waals surface area contributed by atoms with E-state index < -0.39 is 6.17 Å². The number of methoxy groups -OCH3 is 1. The zero-order valence-electron chi connectivity index (χ0n) is 19.6. The van der Waals surface area contributed by atoms with Gasteiger partial charge in [0.1, 0.15) is 5.75 Å². The molecule has 0 unspecified atom stereocenters. The number of unbranched alkanes of at least 4 members (excludes halogenated alkanes) is 1. The van der Waals surface area contributed by atoms with Crippen LogP contribution in [0.25, 0.3) is 0 Å². The van der Waals surface area contributed by atoms with Crippen molar-refractivity contribution in [3.63, 3.8) is 0 Å². The maximum absolute atomic E-state index is 13.5. The van der Waals surface area contributed by atoms with Crippen molar-refractivity contribution >= 4 is 17.3 Å². The molecule has 0 spiro atoms. The van der Waals surface area contributed by atoms with Crippen molar-refractivity contribution in [1.29, 1.82) is 0 Å². The first-order valence-corrected chi connectivity index (χ1v) is 11.4. The smallest absolute Gasteiger partial charge is 0.278 e. The monoisotopic (exact) mass is 459 g/mol. The van der Waals surface area contributed by atoms with Crippen LogP contribution >= 0.6 is 0 Å². The summed E-state index contributed by atoms with van der Waals surface area (Å²) in [6.07, 6.45) is 1.41. The van der Waals surface area contributed by atoms with Crippen LogP contribution in [0, 0.1) is 0 Å². The van der Waals surface area contributed by atoms with Crippen LogP contribution < -0.4 is 14.8 Å². The number of rotatable bonds is 8. The molecular weight excluding hydrogens is 430 g/mol. The Labute approximate surface area is 199 Å². The summed E-state index contributed by atoms with van der Waals surface area (Å²) in [5.41, 5.74) is 3.12. The molecule has 1 atom stereocenters. The van der Waals surface area contributed by atoms with Crippen molar-refractivity contribution in [1.82, 2.24) is 5.01 Å². The normalized spacial score (nSPS) is 15.5. The van der Waals surface area contributed by atoms with Gasteiger partial charge in [-0.3, -0.25) is 4.79 Å². The van der Waals surface area contributed by atoms with Gasteiger partial charge >= 0.3 is 0 Å². The van der Waals surface area contributed by atoms with Crippen LogP contribution in [0.4, 0.5) is 5.69 Å². The predicted octanol–water partition coefficient (Wildman–Crippen LogP) is 5.57. The minimum atomic E-state index is -0.582. The number of benzene rings is 3. The Kier molecular flexibility index (Phi) is 7.01. The molecule has 0 saturated carbocycles. The van der Waals surface area contributed by atoms with Crippen molar-refractivity contribution in [2.75, 3.05) is 19.0 Å². The van der Waals surface area contributed by atoms with Crippen LogP contribution in [-0.4, -0.2) is 35.5 Å². The highest BCUT2D eigenvalue weighted by Gasteiger charge is 2.34. The van der Waals surface area contributed by atoms with Gasteiger partial charge in [-0.2, -0.15) is 5.10 Å². The van der Waals surface area contributed by atoms with Crippen molar-refractivity contribution < 1.29 is 19.4 Å². The zero-order chi connectivity index (χ0) is 24.1.